The van der Waals surface area contributed by atoms with Gasteiger partial charge in [-0.1, -0.05) is 30.7 Å². The number of hydrogen-bond donors (Lipinski definition) is 2. The van der Waals surface area contributed by atoms with Gasteiger partial charge in [0, 0.05) is 67.4 Å². The molecule has 2 N–H and O–H groups in total. The molecule has 0 saturated heterocycles. The highest BCUT2D eigenvalue weighted by Crippen LogP contribution is 2.47. The van der Waals surface area contributed by atoms with Gasteiger partial charge in [0.05, 0.1) is 37.9 Å². The van der Waals surface area contributed by atoms with E-state index in [1.807, 2.05) is 12.1 Å². The van der Waals surface area contributed by atoms with Gasteiger partial charge in [0.15, 0.2) is 0 Å². The van der Waals surface area contributed by atoms with Crippen LogP contribution in [0.2, 0.25) is 5.02 Å². The third-order valence-electron chi connectivity index (χ3n) is 13.1. The van der Waals surface area contributed by atoms with Crippen molar-refractivity contribution in [3.05, 3.63) is 93.8 Å². The maximum Gasteiger partial charge on any atom is 0.345 e. The number of aliphatic hydroxyl groups is 1. The molecule has 1 saturated carbocycles. The molecule has 18 heteroatoms. The predicted octanol–water partition coefficient (Wildman–Crippen LogP) is 5.46. The van der Waals surface area contributed by atoms with Gasteiger partial charge in [-0.25, -0.2) is 9.00 Å². The lowest BCUT2D eigenvalue weighted by molar-refractivity contribution is -0.00274. The Morgan fingerprint density at radius 1 is 1.00 bits per heavy atom. The Bertz CT molecular complexity index is 2570. The number of rotatable bonds is 6. The lowest BCUT2D eigenvalue weighted by atomic mass is 9.68. The number of aryl methyl sites for hydroxylation is 3. The summed E-state index contributed by atoms with van der Waals surface area (Å²) in [6.07, 6.45) is 8.34. The number of aromatic nitrogens is 4. The first-order chi connectivity index (χ1) is 29.6. The minimum absolute atomic E-state index is 0.0118. The van der Waals surface area contributed by atoms with Crippen LogP contribution in [0.25, 0.3) is 0 Å². The van der Waals surface area contributed by atoms with Crippen LogP contribution in [0.1, 0.15) is 81.7 Å². The molecule has 330 valence electrons. The number of aliphatic hydroxyl groups excluding tert-OH is 1. The number of methoxy groups -OCH3 is 2. The largest absolute Gasteiger partial charge is 0.490 e. The van der Waals surface area contributed by atoms with Crippen molar-refractivity contribution in [2.75, 3.05) is 38.8 Å². The summed E-state index contributed by atoms with van der Waals surface area (Å²) in [4.78, 5) is 44.3. The van der Waals surface area contributed by atoms with E-state index in [0.717, 1.165) is 32.1 Å². The molecular formula is C44H52ClN7O9S. The van der Waals surface area contributed by atoms with Crippen LogP contribution in [0.15, 0.2) is 65.3 Å². The SMILES string of the molecule is COc1nn(C)cc1C(=O)NS1(=O)=NC(=O)c2ccc3c(c2)N(C[C@@H]2CC[C@H]2[C@@H](OC(=O)c2cn(C)nc2OC)/C=C\[C@H](O)[C@H](C)[C@H]1C)C[C@@]1(CCCc2cc(Cl)ccc21)CO3. The molecule has 1 fully saturated rings. The second-order valence-electron chi connectivity index (χ2n) is 16.9. The average Bonchev–Trinajstić information content (AvgIpc) is 3.78. The van der Waals surface area contributed by atoms with Crippen molar-refractivity contribution in [3.63, 3.8) is 0 Å². The highest BCUT2D eigenvalue weighted by molar-refractivity contribution is 7.93. The van der Waals surface area contributed by atoms with E-state index in [9.17, 15) is 19.5 Å². The number of ether oxygens (including phenoxy) is 4. The van der Waals surface area contributed by atoms with Crippen molar-refractivity contribution in [1.82, 2.24) is 24.3 Å². The van der Waals surface area contributed by atoms with E-state index in [1.54, 1.807) is 52.2 Å². The normalized spacial score (nSPS) is 28.8. The Hall–Kier alpha value is -5.39. The highest BCUT2D eigenvalue weighted by atomic mass is 35.5. The van der Waals surface area contributed by atoms with Crippen LogP contribution >= 0.6 is 11.6 Å². The van der Waals surface area contributed by atoms with E-state index in [4.69, 9.17) is 30.5 Å². The van der Waals surface area contributed by atoms with Gasteiger partial charge in [-0.3, -0.25) is 23.7 Å². The van der Waals surface area contributed by atoms with Crippen LogP contribution < -0.4 is 23.8 Å². The minimum atomic E-state index is -4.00. The molecule has 2 aliphatic heterocycles. The highest BCUT2D eigenvalue weighted by Gasteiger charge is 2.45. The zero-order chi connectivity index (χ0) is 44.1. The molecule has 8 rings (SSSR count). The van der Waals surface area contributed by atoms with E-state index in [-0.39, 0.29) is 40.3 Å². The summed E-state index contributed by atoms with van der Waals surface area (Å²) in [5.74, 6) is -2.58. The molecule has 4 aliphatic rings. The van der Waals surface area contributed by atoms with E-state index in [2.05, 4.69) is 30.2 Å². The Kier molecular flexibility index (Phi) is 11.9. The number of nitrogens with one attached hydrogen (secondary N) is 1. The van der Waals surface area contributed by atoms with Crippen LogP contribution in [0.3, 0.4) is 0 Å². The third kappa shape index (κ3) is 8.17. The molecule has 1 spiro atoms. The fraction of sp³-hybridized carbons (Fsp3) is 0.477. The number of fused-ring (bicyclic) bond motifs is 4. The number of esters is 1. The first-order valence-corrected chi connectivity index (χ1v) is 22.7. The standard InChI is InChI=1S/C44H52ClN7O9S/c1-25-26(2)62(57,49-40(55)32-21-50(3)46-41(32)58-5)48-39(54)28-10-15-38-35(19-28)52(23-44(24-60-38)17-7-8-27-18-30(45)11-13-34(27)44)20-29-9-12-31(29)37(16-14-36(25)53)61-43(56)33-22-51(4)47-42(33)59-6/h10-11,13-16,18-19,21-22,25-26,29,31,36-37,53H,7-9,12,17,20,23-24H2,1-6H3,(H,48,49,54,55,57)/b16-14-/t25-,26-,29+,31-,36+,37+,44+,62?/m1/s1. The topological polar surface area (TPSA) is 189 Å². The summed E-state index contributed by atoms with van der Waals surface area (Å²) in [6, 6.07) is 11.1. The second kappa shape index (κ2) is 17.1. The number of nitrogens with zero attached hydrogens (tertiary/aromatic N) is 6. The van der Waals surface area contributed by atoms with Crippen molar-refractivity contribution in [3.8, 4) is 17.5 Å². The number of carbonyl (C=O) groups is 3. The summed E-state index contributed by atoms with van der Waals surface area (Å²) in [5, 5.41) is 19.7. The molecule has 2 aliphatic carbocycles. The van der Waals surface area contributed by atoms with Gasteiger partial charge in [0.2, 0.25) is 11.8 Å². The van der Waals surface area contributed by atoms with Gasteiger partial charge < -0.3 is 29.0 Å². The van der Waals surface area contributed by atoms with E-state index >= 15 is 4.21 Å². The number of benzene rings is 2. The number of hydrogen-bond acceptors (Lipinski definition) is 12. The van der Waals surface area contributed by atoms with E-state index < -0.39 is 56.5 Å². The van der Waals surface area contributed by atoms with Crippen LogP contribution in [-0.2, 0) is 40.6 Å². The van der Waals surface area contributed by atoms with Crippen LogP contribution in [0, 0.1) is 17.8 Å². The zero-order valence-corrected chi connectivity index (χ0v) is 37.1. The number of anilines is 1. The lowest BCUT2D eigenvalue weighted by Gasteiger charge is -2.46. The maximum absolute atomic E-state index is 15.2. The summed E-state index contributed by atoms with van der Waals surface area (Å²) in [7, 11) is 2.07. The second-order valence-corrected chi connectivity index (χ2v) is 19.6. The molecule has 2 aromatic heterocycles. The summed E-state index contributed by atoms with van der Waals surface area (Å²) in [5.41, 5.74) is 2.87. The van der Waals surface area contributed by atoms with Crippen molar-refractivity contribution < 1.29 is 42.6 Å². The van der Waals surface area contributed by atoms with Crippen molar-refractivity contribution >= 4 is 45.0 Å². The molecule has 0 radical (unpaired) electrons. The van der Waals surface area contributed by atoms with Crippen molar-refractivity contribution in [1.29, 1.82) is 0 Å². The third-order valence-corrected chi connectivity index (χ3v) is 15.6. The predicted molar refractivity (Wildman–Crippen MR) is 231 cm³/mol. The molecule has 2 bridgehead atoms. The molecule has 62 heavy (non-hydrogen) atoms. The van der Waals surface area contributed by atoms with E-state index in [1.165, 1.54) is 53.2 Å². The molecule has 4 aromatic rings. The first-order valence-electron chi connectivity index (χ1n) is 20.8. The maximum atomic E-state index is 15.2. The van der Waals surface area contributed by atoms with Gasteiger partial charge in [-0.05, 0) is 92.5 Å². The molecule has 2 amide bonds. The summed E-state index contributed by atoms with van der Waals surface area (Å²) >= 11 is 6.50. The van der Waals surface area contributed by atoms with Crippen LogP contribution in [0.5, 0.6) is 17.5 Å². The molecule has 4 heterocycles. The summed E-state index contributed by atoms with van der Waals surface area (Å²) in [6.45, 7) is 4.66. The fourth-order valence-electron chi connectivity index (χ4n) is 9.30. The molecular weight excluding hydrogens is 838 g/mol. The first kappa shape index (κ1) is 43.3. The Morgan fingerprint density at radius 3 is 2.44 bits per heavy atom. The van der Waals surface area contributed by atoms with Gasteiger partial charge >= 0.3 is 5.97 Å². The fourth-order valence-corrected chi connectivity index (χ4v) is 11.4. The van der Waals surface area contributed by atoms with Gasteiger partial charge in [-0.15, -0.1) is 14.6 Å². The average molecular weight is 890 g/mol. The molecule has 1 unspecified atom stereocenters. The molecule has 8 atom stereocenters. The molecule has 2 aromatic carbocycles. The zero-order valence-electron chi connectivity index (χ0n) is 35.6. The number of halogens is 1. The number of amides is 2. The van der Waals surface area contributed by atoms with Crippen LogP contribution in [0.4, 0.5) is 5.69 Å². The quantitative estimate of drug-likeness (QED) is 0.184. The van der Waals surface area contributed by atoms with Gasteiger partial charge in [0.25, 0.3) is 11.8 Å². The van der Waals surface area contributed by atoms with Crippen molar-refractivity contribution in [2.24, 2.45) is 36.2 Å². The molecule has 16 nitrogen and oxygen atoms in total. The van der Waals surface area contributed by atoms with Gasteiger partial charge in [0.1, 0.15) is 32.9 Å². The minimum Gasteiger partial charge on any atom is -0.490 e. The Morgan fingerprint density at radius 2 is 1.73 bits per heavy atom. The Labute approximate surface area is 365 Å². The number of carbonyl (C=O) groups excluding carboxylic acids is 3. The van der Waals surface area contributed by atoms with Crippen LogP contribution in [-0.4, -0.2) is 98.0 Å². The Balaban J connectivity index is 1.24. The lowest BCUT2D eigenvalue weighted by Crippen LogP contribution is -2.50. The van der Waals surface area contributed by atoms with Gasteiger partial charge in [-0.2, -0.15) is 0 Å². The monoisotopic (exact) mass is 889 g/mol. The van der Waals surface area contributed by atoms with E-state index in [0.29, 0.717) is 36.2 Å². The van der Waals surface area contributed by atoms with Crippen molar-refractivity contribution in [2.45, 2.75) is 68.8 Å². The summed E-state index contributed by atoms with van der Waals surface area (Å²) < 4.78 is 48.5. The smallest absolute Gasteiger partial charge is 0.345 e.